The van der Waals surface area contributed by atoms with Crippen LogP contribution in [0.25, 0.3) is 0 Å². The van der Waals surface area contributed by atoms with Crippen molar-refractivity contribution in [3.05, 3.63) is 48.2 Å². The Kier molecular flexibility index (Phi) is 4.41. The van der Waals surface area contributed by atoms with Crippen molar-refractivity contribution in [1.82, 2.24) is 4.98 Å². The van der Waals surface area contributed by atoms with E-state index in [-0.39, 0.29) is 5.97 Å². The maximum absolute atomic E-state index is 11.9. The molecule has 2 aromatic rings. The quantitative estimate of drug-likeness (QED) is 0.686. The van der Waals surface area contributed by atoms with E-state index in [1.165, 1.54) is 11.8 Å². The molecule has 4 nitrogen and oxygen atoms in total. The van der Waals surface area contributed by atoms with Crippen LogP contribution in [0, 0.1) is 0 Å². The molecule has 0 saturated carbocycles. The van der Waals surface area contributed by atoms with Crippen molar-refractivity contribution in [2.75, 3.05) is 12.3 Å². The Morgan fingerprint density at radius 3 is 2.84 bits per heavy atom. The monoisotopic (exact) mass is 274 g/mol. The number of nitrogen functional groups attached to an aromatic ring is 1. The summed E-state index contributed by atoms with van der Waals surface area (Å²) in [5, 5.41) is 0.783. The summed E-state index contributed by atoms with van der Waals surface area (Å²) in [5.41, 5.74) is 6.96. The van der Waals surface area contributed by atoms with Crippen molar-refractivity contribution < 1.29 is 9.53 Å². The lowest BCUT2D eigenvalue weighted by atomic mass is 10.2. The maximum Gasteiger partial charge on any atom is 0.339 e. The third kappa shape index (κ3) is 3.26. The Balaban J connectivity index is 2.36. The minimum atomic E-state index is -0.367. The van der Waals surface area contributed by atoms with Gasteiger partial charge in [0, 0.05) is 11.9 Å². The Morgan fingerprint density at radius 1 is 1.32 bits per heavy atom. The second kappa shape index (κ2) is 6.24. The maximum atomic E-state index is 11.9. The summed E-state index contributed by atoms with van der Waals surface area (Å²) in [4.78, 5) is 16.8. The SMILES string of the molecule is CCOC(=O)c1cccc(N)c1Sc1ccccn1. The number of anilines is 1. The summed E-state index contributed by atoms with van der Waals surface area (Å²) in [6.45, 7) is 2.11. The molecular weight excluding hydrogens is 260 g/mol. The zero-order valence-electron chi connectivity index (χ0n) is 10.5. The number of aromatic nitrogens is 1. The zero-order chi connectivity index (χ0) is 13.7. The highest BCUT2D eigenvalue weighted by Crippen LogP contribution is 2.34. The topological polar surface area (TPSA) is 65.2 Å². The standard InChI is InChI=1S/C14H14N2O2S/c1-2-18-14(17)10-6-5-7-11(15)13(10)19-12-8-3-4-9-16-12/h3-9H,2,15H2,1H3. The van der Waals surface area contributed by atoms with Crippen molar-refractivity contribution >= 4 is 23.4 Å². The van der Waals surface area contributed by atoms with Crippen LogP contribution >= 0.6 is 11.8 Å². The van der Waals surface area contributed by atoms with Crippen LogP contribution in [0.2, 0.25) is 0 Å². The van der Waals surface area contributed by atoms with Gasteiger partial charge in [0.25, 0.3) is 0 Å². The molecule has 0 unspecified atom stereocenters. The number of esters is 1. The first-order chi connectivity index (χ1) is 9.22. The molecule has 0 amide bonds. The van der Waals surface area contributed by atoms with Gasteiger partial charge in [0.05, 0.1) is 17.1 Å². The number of hydrogen-bond donors (Lipinski definition) is 1. The molecule has 0 aliphatic rings. The fourth-order valence-electron chi connectivity index (χ4n) is 1.55. The van der Waals surface area contributed by atoms with E-state index in [1.807, 2.05) is 18.2 Å². The number of pyridine rings is 1. The van der Waals surface area contributed by atoms with Crippen LogP contribution in [0.4, 0.5) is 5.69 Å². The number of hydrogen-bond acceptors (Lipinski definition) is 5. The first-order valence-electron chi connectivity index (χ1n) is 5.87. The number of nitrogens with two attached hydrogens (primary N) is 1. The van der Waals surface area contributed by atoms with E-state index in [0.29, 0.717) is 22.8 Å². The van der Waals surface area contributed by atoms with E-state index in [1.54, 1.807) is 31.3 Å². The van der Waals surface area contributed by atoms with E-state index < -0.39 is 0 Å². The van der Waals surface area contributed by atoms with Gasteiger partial charge in [-0.15, -0.1) is 0 Å². The summed E-state index contributed by atoms with van der Waals surface area (Å²) in [6.07, 6.45) is 1.70. The Bertz CT molecular complexity index is 573. The number of carbonyl (C=O) groups is 1. The number of rotatable bonds is 4. The van der Waals surface area contributed by atoms with Gasteiger partial charge in [0.15, 0.2) is 0 Å². The van der Waals surface area contributed by atoms with E-state index >= 15 is 0 Å². The van der Waals surface area contributed by atoms with E-state index in [9.17, 15) is 4.79 Å². The smallest absolute Gasteiger partial charge is 0.339 e. The Morgan fingerprint density at radius 2 is 2.16 bits per heavy atom. The van der Waals surface area contributed by atoms with Gasteiger partial charge in [0.2, 0.25) is 0 Å². The van der Waals surface area contributed by atoms with E-state index in [0.717, 1.165) is 5.03 Å². The molecule has 98 valence electrons. The van der Waals surface area contributed by atoms with Gasteiger partial charge in [-0.2, -0.15) is 0 Å². The van der Waals surface area contributed by atoms with Gasteiger partial charge < -0.3 is 10.5 Å². The highest BCUT2D eigenvalue weighted by molar-refractivity contribution is 7.99. The molecule has 0 saturated heterocycles. The van der Waals surface area contributed by atoms with Gasteiger partial charge in [-0.25, -0.2) is 9.78 Å². The van der Waals surface area contributed by atoms with E-state index in [2.05, 4.69) is 4.98 Å². The van der Waals surface area contributed by atoms with Crippen LogP contribution in [-0.2, 0) is 4.74 Å². The molecule has 2 N–H and O–H groups in total. The van der Waals surface area contributed by atoms with Gasteiger partial charge in [-0.3, -0.25) is 0 Å². The molecule has 0 radical (unpaired) electrons. The minimum absolute atomic E-state index is 0.335. The van der Waals surface area contributed by atoms with E-state index in [4.69, 9.17) is 10.5 Å². The molecule has 19 heavy (non-hydrogen) atoms. The average molecular weight is 274 g/mol. The Hall–Kier alpha value is -2.01. The van der Waals surface area contributed by atoms with Crippen molar-refractivity contribution in [2.24, 2.45) is 0 Å². The number of carbonyl (C=O) groups excluding carboxylic acids is 1. The molecule has 2 rings (SSSR count). The van der Waals surface area contributed by atoms with Crippen LogP contribution in [-0.4, -0.2) is 17.6 Å². The minimum Gasteiger partial charge on any atom is -0.462 e. The van der Waals surface area contributed by atoms with Crippen LogP contribution in [0.15, 0.2) is 52.5 Å². The van der Waals surface area contributed by atoms with Crippen molar-refractivity contribution in [1.29, 1.82) is 0 Å². The molecule has 0 aliphatic heterocycles. The molecule has 0 spiro atoms. The lowest BCUT2D eigenvalue weighted by molar-refractivity contribution is 0.0522. The van der Waals surface area contributed by atoms with Crippen LogP contribution in [0.5, 0.6) is 0 Å². The second-order valence-corrected chi connectivity index (χ2v) is 4.75. The molecule has 0 aliphatic carbocycles. The highest BCUT2D eigenvalue weighted by atomic mass is 32.2. The normalized spacial score (nSPS) is 10.2. The molecule has 1 aromatic heterocycles. The van der Waals surface area contributed by atoms with Gasteiger partial charge >= 0.3 is 5.97 Å². The van der Waals surface area contributed by atoms with Gasteiger partial charge in [0.1, 0.15) is 5.03 Å². The molecule has 0 atom stereocenters. The highest BCUT2D eigenvalue weighted by Gasteiger charge is 2.16. The fraction of sp³-hybridized carbons (Fsp3) is 0.143. The van der Waals surface area contributed by atoms with Gasteiger partial charge in [-0.05, 0) is 31.2 Å². The van der Waals surface area contributed by atoms with Crippen molar-refractivity contribution in [2.45, 2.75) is 16.8 Å². The van der Waals surface area contributed by atoms with Crippen LogP contribution in [0.3, 0.4) is 0 Å². The molecule has 1 aromatic carbocycles. The Labute approximate surface area is 116 Å². The largest absolute Gasteiger partial charge is 0.462 e. The van der Waals surface area contributed by atoms with Crippen LogP contribution < -0.4 is 5.73 Å². The predicted octanol–water partition coefficient (Wildman–Crippen LogP) is 2.99. The van der Waals surface area contributed by atoms with Crippen molar-refractivity contribution in [3.63, 3.8) is 0 Å². The molecule has 5 heteroatoms. The average Bonchev–Trinajstić information content (AvgIpc) is 2.42. The lowest BCUT2D eigenvalue weighted by Crippen LogP contribution is -2.07. The van der Waals surface area contributed by atoms with Crippen molar-refractivity contribution in [3.8, 4) is 0 Å². The number of ether oxygens (including phenoxy) is 1. The summed E-state index contributed by atoms with van der Waals surface area (Å²) < 4.78 is 5.03. The molecule has 1 heterocycles. The third-order valence-corrected chi connectivity index (χ3v) is 3.50. The fourth-order valence-corrected chi connectivity index (χ4v) is 2.47. The predicted molar refractivity (Wildman–Crippen MR) is 75.2 cm³/mol. The van der Waals surface area contributed by atoms with Gasteiger partial charge in [-0.1, -0.05) is 23.9 Å². The lowest BCUT2D eigenvalue weighted by Gasteiger charge is -2.10. The third-order valence-electron chi connectivity index (χ3n) is 2.39. The zero-order valence-corrected chi connectivity index (χ0v) is 11.3. The molecular formula is C14H14N2O2S. The van der Waals surface area contributed by atoms with Crippen LogP contribution in [0.1, 0.15) is 17.3 Å². The summed E-state index contributed by atoms with van der Waals surface area (Å²) in [7, 11) is 0. The first-order valence-corrected chi connectivity index (χ1v) is 6.68. The molecule has 0 bridgehead atoms. The second-order valence-electron chi connectivity index (χ2n) is 3.71. The number of benzene rings is 1. The first kappa shape index (κ1) is 13.4. The summed E-state index contributed by atoms with van der Waals surface area (Å²) >= 11 is 1.36. The number of nitrogens with zero attached hydrogens (tertiary/aromatic N) is 1. The summed E-state index contributed by atoms with van der Waals surface area (Å²) in [5.74, 6) is -0.367. The summed E-state index contributed by atoms with van der Waals surface area (Å²) in [6, 6.07) is 10.8. The molecule has 0 fully saturated rings.